The Kier molecular flexibility index (Phi) is 5.51. The molecule has 0 unspecified atom stereocenters. The van der Waals surface area contributed by atoms with E-state index in [0.29, 0.717) is 6.42 Å². The van der Waals surface area contributed by atoms with Crippen molar-refractivity contribution < 1.29 is 21.8 Å². The molecule has 0 saturated heterocycles. The van der Waals surface area contributed by atoms with E-state index in [-0.39, 0.29) is 6.42 Å². The molecule has 0 fully saturated rings. The van der Waals surface area contributed by atoms with Gasteiger partial charge >= 0.3 is 15.4 Å². The monoisotopic (exact) mass is 230 g/mol. The number of halogens is 2. The van der Waals surface area contributed by atoms with Gasteiger partial charge in [0.2, 0.25) is 0 Å². The highest BCUT2D eigenvalue weighted by Gasteiger charge is 2.42. The molecule has 86 valence electrons. The molecule has 0 spiro atoms. The van der Waals surface area contributed by atoms with E-state index >= 15 is 0 Å². The minimum atomic E-state index is -5.23. The first-order valence-electron chi connectivity index (χ1n) is 4.66. The predicted octanol–water partition coefficient (Wildman–Crippen LogP) is 2.83. The maximum atomic E-state index is 12.6. The molecule has 0 aromatic rings. The molecule has 14 heavy (non-hydrogen) atoms. The molecule has 0 radical (unpaired) electrons. The van der Waals surface area contributed by atoms with Crippen LogP contribution >= 0.6 is 0 Å². The van der Waals surface area contributed by atoms with Crippen LogP contribution in [0.2, 0.25) is 0 Å². The first kappa shape index (κ1) is 13.8. The van der Waals surface area contributed by atoms with E-state index < -0.39 is 21.8 Å². The third-order valence-electron chi connectivity index (χ3n) is 1.95. The van der Waals surface area contributed by atoms with Crippen molar-refractivity contribution in [1.82, 2.24) is 0 Å². The van der Waals surface area contributed by atoms with Crippen LogP contribution < -0.4 is 0 Å². The van der Waals surface area contributed by atoms with Crippen LogP contribution in [0.3, 0.4) is 0 Å². The lowest BCUT2D eigenvalue weighted by atomic mass is 10.1. The molecule has 0 bridgehead atoms. The van der Waals surface area contributed by atoms with Gasteiger partial charge in [-0.05, 0) is 6.42 Å². The van der Waals surface area contributed by atoms with Gasteiger partial charge in [0.05, 0.1) is 0 Å². The Balaban J connectivity index is 3.79. The van der Waals surface area contributed by atoms with Crippen molar-refractivity contribution in [3.05, 3.63) is 0 Å². The van der Waals surface area contributed by atoms with Crippen LogP contribution in [0.25, 0.3) is 0 Å². The Labute approximate surface area is 83.3 Å². The van der Waals surface area contributed by atoms with Crippen molar-refractivity contribution in [2.75, 3.05) is 0 Å². The van der Waals surface area contributed by atoms with Crippen molar-refractivity contribution >= 4 is 10.1 Å². The molecule has 1 N–H and O–H groups in total. The summed E-state index contributed by atoms with van der Waals surface area (Å²) in [4.78, 5) is 0. The van der Waals surface area contributed by atoms with Crippen LogP contribution in [-0.4, -0.2) is 18.2 Å². The smallest absolute Gasteiger partial charge is 0.281 e. The second kappa shape index (κ2) is 5.60. The number of alkyl halides is 2. The molecular formula is C8H16F2O3S. The summed E-state index contributed by atoms with van der Waals surface area (Å²) in [6, 6.07) is 0. The molecule has 0 saturated carbocycles. The topological polar surface area (TPSA) is 54.4 Å². The molecule has 0 atom stereocenters. The van der Waals surface area contributed by atoms with Crippen molar-refractivity contribution in [2.45, 2.75) is 50.7 Å². The minimum absolute atomic E-state index is 0.118. The van der Waals surface area contributed by atoms with E-state index in [1.165, 1.54) is 0 Å². The SMILES string of the molecule is CCCCCCCC(F)(F)S(=O)(=O)O. The summed E-state index contributed by atoms with van der Waals surface area (Å²) in [6.45, 7) is 1.99. The van der Waals surface area contributed by atoms with E-state index in [1.807, 2.05) is 6.92 Å². The Morgan fingerprint density at radius 1 is 1.14 bits per heavy atom. The third kappa shape index (κ3) is 4.85. The van der Waals surface area contributed by atoms with E-state index in [4.69, 9.17) is 4.55 Å². The Bertz CT molecular complexity index is 249. The molecule has 0 rings (SSSR count). The summed E-state index contributed by atoms with van der Waals surface area (Å²) in [5.74, 6) is 0. The molecule has 0 aliphatic carbocycles. The summed E-state index contributed by atoms with van der Waals surface area (Å²) in [5, 5.41) is -3.99. The highest BCUT2D eigenvalue weighted by atomic mass is 32.2. The standard InChI is InChI=1S/C8H16F2O3S/c1-2-3-4-5-6-7-8(9,10)14(11,12)13/h2-7H2,1H3,(H,11,12,13). The maximum absolute atomic E-state index is 12.6. The maximum Gasteiger partial charge on any atom is 0.370 e. The summed E-state index contributed by atoms with van der Waals surface area (Å²) in [7, 11) is -5.23. The van der Waals surface area contributed by atoms with Crippen molar-refractivity contribution in [2.24, 2.45) is 0 Å². The zero-order valence-corrected chi connectivity index (χ0v) is 8.99. The zero-order valence-electron chi connectivity index (χ0n) is 8.17. The van der Waals surface area contributed by atoms with E-state index in [1.54, 1.807) is 0 Å². The summed E-state index contributed by atoms with van der Waals surface area (Å²) in [6.07, 6.45) is 2.66. The molecular weight excluding hydrogens is 214 g/mol. The fourth-order valence-corrected chi connectivity index (χ4v) is 1.47. The molecule has 0 aliphatic heterocycles. The van der Waals surface area contributed by atoms with Gasteiger partial charge in [-0.1, -0.05) is 32.6 Å². The average Bonchev–Trinajstić information content (AvgIpc) is 2.02. The second-order valence-electron chi connectivity index (χ2n) is 3.28. The lowest BCUT2D eigenvalue weighted by Crippen LogP contribution is -2.27. The Morgan fingerprint density at radius 2 is 1.64 bits per heavy atom. The molecule has 0 aromatic heterocycles. The molecule has 0 amide bonds. The molecule has 0 aromatic carbocycles. The summed E-state index contributed by atoms with van der Waals surface area (Å²) >= 11 is 0. The second-order valence-corrected chi connectivity index (χ2v) is 4.82. The van der Waals surface area contributed by atoms with E-state index in [0.717, 1.165) is 19.3 Å². The van der Waals surface area contributed by atoms with Crippen LogP contribution in [0.1, 0.15) is 45.4 Å². The number of unbranched alkanes of at least 4 members (excludes halogenated alkanes) is 4. The van der Waals surface area contributed by atoms with Gasteiger partial charge in [-0.3, -0.25) is 4.55 Å². The van der Waals surface area contributed by atoms with Gasteiger partial charge in [0.15, 0.2) is 0 Å². The van der Waals surface area contributed by atoms with Crippen LogP contribution in [0.5, 0.6) is 0 Å². The van der Waals surface area contributed by atoms with Gasteiger partial charge in [0.1, 0.15) is 0 Å². The number of hydrogen-bond acceptors (Lipinski definition) is 2. The van der Waals surface area contributed by atoms with E-state index in [2.05, 4.69) is 0 Å². The summed E-state index contributed by atoms with van der Waals surface area (Å²) < 4.78 is 53.7. The van der Waals surface area contributed by atoms with Crippen LogP contribution in [0.4, 0.5) is 8.78 Å². The molecule has 0 heterocycles. The first-order chi connectivity index (χ1) is 6.31. The van der Waals surface area contributed by atoms with Gasteiger partial charge in [0, 0.05) is 6.42 Å². The molecule has 0 aliphatic rings. The third-order valence-corrected chi connectivity index (χ3v) is 2.91. The quantitative estimate of drug-likeness (QED) is 0.540. The zero-order chi connectivity index (χ0) is 11.2. The minimum Gasteiger partial charge on any atom is -0.281 e. The fraction of sp³-hybridized carbons (Fsp3) is 1.00. The molecule has 6 heteroatoms. The number of hydrogen-bond donors (Lipinski definition) is 1. The van der Waals surface area contributed by atoms with Gasteiger partial charge in [-0.25, -0.2) is 0 Å². The van der Waals surface area contributed by atoms with Gasteiger partial charge in [-0.15, -0.1) is 0 Å². The van der Waals surface area contributed by atoms with Gasteiger partial charge in [-0.2, -0.15) is 17.2 Å². The number of rotatable bonds is 7. The van der Waals surface area contributed by atoms with E-state index in [9.17, 15) is 17.2 Å². The predicted molar refractivity (Wildman–Crippen MR) is 49.9 cm³/mol. The highest BCUT2D eigenvalue weighted by molar-refractivity contribution is 7.86. The lowest BCUT2D eigenvalue weighted by molar-refractivity contribution is 0.0683. The largest absolute Gasteiger partial charge is 0.370 e. The fourth-order valence-electron chi connectivity index (χ4n) is 1.06. The Morgan fingerprint density at radius 3 is 2.07 bits per heavy atom. The van der Waals surface area contributed by atoms with Crippen molar-refractivity contribution in [3.63, 3.8) is 0 Å². The van der Waals surface area contributed by atoms with Gasteiger partial charge < -0.3 is 0 Å². The highest BCUT2D eigenvalue weighted by Crippen LogP contribution is 2.27. The lowest BCUT2D eigenvalue weighted by Gasteiger charge is -2.11. The normalized spacial score (nSPS) is 13.1. The summed E-state index contributed by atoms with van der Waals surface area (Å²) in [5.41, 5.74) is 0. The van der Waals surface area contributed by atoms with Crippen molar-refractivity contribution in [3.8, 4) is 0 Å². The average molecular weight is 230 g/mol. The van der Waals surface area contributed by atoms with Gasteiger partial charge in [0.25, 0.3) is 0 Å². The van der Waals surface area contributed by atoms with Crippen molar-refractivity contribution in [1.29, 1.82) is 0 Å². The van der Waals surface area contributed by atoms with Crippen LogP contribution in [-0.2, 0) is 10.1 Å². The first-order valence-corrected chi connectivity index (χ1v) is 6.10. The Hall–Kier alpha value is -0.230. The van der Waals surface area contributed by atoms with Crippen LogP contribution in [0, 0.1) is 0 Å². The van der Waals surface area contributed by atoms with Crippen LogP contribution in [0.15, 0.2) is 0 Å². The molecule has 3 nitrogen and oxygen atoms in total.